The van der Waals surface area contributed by atoms with Crippen molar-refractivity contribution in [3.05, 3.63) is 66.0 Å². The number of rotatable bonds is 8. The van der Waals surface area contributed by atoms with Gasteiger partial charge in [0.1, 0.15) is 5.82 Å². The summed E-state index contributed by atoms with van der Waals surface area (Å²) < 4.78 is 4.13. The molecule has 0 unspecified atom stereocenters. The molecule has 0 bridgehead atoms. The number of hydrogen-bond acceptors (Lipinski definition) is 8. The Labute approximate surface area is 197 Å². The van der Waals surface area contributed by atoms with E-state index in [4.69, 9.17) is 0 Å². The summed E-state index contributed by atoms with van der Waals surface area (Å²) in [7, 11) is 1.46. The number of thioether (sulfide) groups is 2. The number of nitrogens with one attached hydrogen (secondary N) is 2. The lowest BCUT2D eigenvalue weighted by molar-refractivity contribution is -0.117. The molecule has 0 aliphatic carbocycles. The first kappa shape index (κ1) is 22.3. The minimum absolute atomic E-state index is 0.0609. The van der Waals surface area contributed by atoms with Crippen molar-refractivity contribution in [1.82, 2.24) is 30.4 Å². The van der Waals surface area contributed by atoms with E-state index in [0.717, 1.165) is 25.9 Å². The Morgan fingerprint density at radius 2 is 1.81 bits per heavy atom. The van der Waals surface area contributed by atoms with Crippen molar-refractivity contribution in [3.63, 3.8) is 0 Å². The molecule has 0 aliphatic rings. The lowest BCUT2D eigenvalue weighted by Crippen LogP contribution is -2.38. The monoisotopic (exact) mass is 484 g/mol. The topological polar surface area (TPSA) is 102 Å². The first-order valence-corrected chi connectivity index (χ1v) is 12.5. The highest BCUT2D eigenvalue weighted by Crippen LogP contribution is 2.31. The van der Waals surface area contributed by atoms with E-state index < -0.39 is 11.9 Å². The summed E-state index contributed by atoms with van der Waals surface area (Å²) in [4.78, 5) is 28.0. The zero-order valence-electron chi connectivity index (χ0n) is 17.1. The van der Waals surface area contributed by atoms with Crippen molar-refractivity contribution in [2.45, 2.75) is 21.8 Å². The molecule has 2 aromatic heterocycles. The molecule has 4 rings (SSSR count). The van der Waals surface area contributed by atoms with Gasteiger partial charge in [0, 0.05) is 7.05 Å². The summed E-state index contributed by atoms with van der Waals surface area (Å²) in [5, 5.41) is 13.9. The van der Waals surface area contributed by atoms with E-state index in [1.165, 1.54) is 18.8 Å². The number of carbonyl (C=O) groups is 2. The molecule has 0 saturated carbocycles. The summed E-state index contributed by atoms with van der Waals surface area (Å²) >= 11 is 4.52. The number of thiazole rings is 1. The molecular weight excluding hydrogens is 464 g/mol. The molecule has 0 fully saturated rings. The fraction of sp³-hybridized carbons (Fsp3) is 0.190. The second-order valence-corrected chi connectivity index (χ2v) is 9.82. The fourth-order valence-electron chi connectivity index (χ4n) is 2.85. The standard InChI is InChI=1S/C21H20N6O2S3/c1-22-19(29)24-18(28)13-30-20-26-25-17(27(20)11-14-7-3-2-4-8-14)12-31-21-23-15-9-5-6-10-16(15)32-21/h2-10H,11-13H2,1H3,(H2,22,24,28,29). The van der Waals surface area contributed by atoms with Crippen molar-refractivity contribution in [1.29, 1.82) is 0 Å². The fourth-order valence-corrected chi connectivity index (χ4v) is 5.62. The molecule has 164 valence electrons. The number of imide groups is 1. The Balaban J connectivity index is 1.50. The Hall–Kier alpha value is -2.89. The molecule has 2 heterocycles. The van der Waals surface area contributed by atoms with Crippen molar-refractivity contribution in [2.75, 3.05) is 12.8 Å². The predicted molar refractivity (Wildman–Crippen MR) is 128 cm³/mol. The van der Waals surface area contributed by atoms with Gasteiger partial charge in [-0.1, -0.05) is 66.0 Å². The van der Waals surface area contributed by atoms with Gasteiger partial charge in [-0.15, -0.1) is 21.5 Å². The van der Waals surface area contributed by atoms with E-state index in [9.17, 15) is 9.59 Å². The second kappa shape index (κ2) is 10.6. The Bertz CT molecular complexity index is 1190. The summed E-state index contributed by atoms with van der Waals surface area (Å²) in [5.74, 6) is 1.07. The van der Waals surface area contributed by atoms with E-state index in [1.807, 2.05) is 53.1 Å². The van der Waals surface area contributed by atoms with Crippen LogP contribution < -0.4 is 10.6 Å². The van der Waals surface area contributed by atoms with Crippen LogP contribution in [0.3, 0.4) is 0 Å². The van der Waals surface area contributed by atoms with Gasteiger partial charge in [0.15, 0.2) is 9.50 Å². The van der Waals surface area contributed by atoms with Crippen molar-refractivity contribution >= 4 is 57.0 Å². The van der Waals surface area contributed by atoms with Crippen LogP contribution in [0.15, 0.2) is 64.1 Å². The maximum absolute atomic E-state index is 12.0. The average molecular weight is 485 g/mol. The number of aromatic nitrogens is 4. The van der Waals surface area contributed by atoms with Gasteiger partial charge >= 0.3 is 6.03 Å². The third kappa shape index (κ3) is 5.67. The Morgan fingerprint density at radius 1 is 1.03 bits per heavy atom. The van der Waals surface area contributed by atoms with Crippen LogP contribution in [0, 0.1) is 0 Å². The summed E-state index contributed by atoms with van der Waals surface area (Å²) in [6, 6.07) is 17.5. The highest BCUT2D eigenvalue weighted by atomic mass is 32.2. The molecule has 0 spiro atoms. The van der Waals surface area contributed by atoms with E-state index in [1.54, 1.807) is 23.1 Å². The maximum Gasteiger partial charge on any atom is 0.321 e. The molecule has 0 radical (unpaired) electrons. The molecule has 8 nitrogen and oxygen atoms in total. The van der Waals surface area contributed by atoms with Crippen LogP contribution in [0.4, 0.5) is 4.79 Å². The summed E-state index contributed by atoms with van der Waals surface area (Å²) in [6.07, 6.45) is 0. The SMILES string of the molecule is CNC(=O)NC(=O)CSc1nnc(CSc2nc3ccccc3s2)n1Cc1ccccc1. The Kier molecular flexibility index (Phi) is 7.40. The molecule has 2 N–H and O–H groups in total. The van der Waals surface area contributed by atoms with Crippen LogP contribution in [0.1, 0.15) is 11.4 Å². The molecule has 4 aromatic rings. The van der Waals surface area contributed by atoms with E-state index in [0.29, 0.717) is 17.5 Å². The van der Waals surface area contributed by atoms with Crippen LogP contribution in [0.2, 0.25) is 0 Å². The van der Waals surface area contributed by atoms with E-state index in [-0.39, 0.29) is 5.75 Å². The highest BCUT2D eigenvalue weighted by molar-refractivity contribution is 8.00. The van der Waals surface area contributed by atoms with Gasteiger partial charge < -0.3 is 9.88 Å². The molecule has 3 amide bonds. The van der Waals surface area contributed by atoms with Gasteiger partial charge in [-0.05, 0) is 17.7 Å². The third-order valence-electron chi connectivity index (χ3n) is 4.39. The van der Waals surface area contributed by atoms with Gasteiger partial charge in [0.25, 0.3) is 0 Å². The molecule has 0 aliphatic heterocycles. The average Bonchev–Trinajstić information content (AvgIpc) is 3.40. The first-order valence-electron chi connectivity index (χ1n) is 9.71. The predicted octanol–water partition coefficient (Wildman–Crippen LogP) is 3.78. The van der Waals surface area contributed by atoms with Crippen LogP contribution >= 0.6 is 34.9 Å². The molecular formula is C21H20N6O2S3. The minimum Gasteiger partial charge on any atom is -0.341 e. The number of hydrogen-bond donors (Lipinski definition) is 2. The number of fused-ring (bicyclic) bond motifs is 1. The van der Waals surface area contributed by atoms with Crippen LogP contribution in [0.25, 0.3) is 10.2 Å². The number of amides is 3. The van der Waals surface area contributed by atoms with Crippen molar-refractivity contribution in [2.24, 2.45) is 0 Å². The lowest BCUT2D eigenvalue weighted by atomic mass is 10.2. The van der Waals surface area contributed by atoms with Gasteiger partial charge in [-0.3, -0.25) is 10.1 Å². The number of benzene rings is 2. The molecule has 0 saturated heterocycles. The summed E-state index contributed by atoms with van der Waals surface area (Å²) in [6.45, 7) is 0.586. The van der Waals surface area contributed by atoms with Crippen LogP contribution in [0.5, 0.6) is 0 Å². The molecule has 32 heavy (non-hydrogen) atoms. The van der Waals surface area contributed by atoms with Crippen molar-refractivity contribution < 1.29 is 9.59 Å². The third-order valence-corrected chi connectivity index (χ3v) is 7.53. The molecule has 11 heteroatoms. The number of para-hydroxylation sites is 1. The quantitative estimate of drug-likeness (QED) is 0.367. The Morgan fingerprint density at radius 3 is 2.59 bits per heavy atom. The van der Waals surface area contributed by atoms with Gasteiger partial charge in [-0.2, -0.15) is 0 Å². The van der Waals surface area contributed by atoms with Crippen molar-refractivity contribution in [3.8, 4) is 0 Å². The highest BCUT2D eigenvalue weighted by Gasteiger charge is 2.16. The zero-order valence-corrected chi connectivity index (χ0v) is 19.6. The van der Waals surface area contributed by atoms with Crippen LogP contribution in [-0.4, -0.2) is 44.5 Å². The number of carbonyl (C=O) groups excluding carboxylic acids is 2. The van der Waals surface area contributed by atoms with Gasteiger partial charge in [0.05, 0.1) is 28.3 Å². The van der Waals surface area contributed by atoms with Crippen LogP contribution in [-0.2, 0) is 17.1 Å². The molecule has 2 aromatic carbocycles. The smallest absolute Gasteiger partial charge is 0.321 e. The van der Waals surface area contributed by atoms with E-state index in [2.05, 4.69) is 31.9 Å². The number of urea groups is 1. The normalized spacial score (nSPS) is 10.9. The van der Waals surface area contributed by atoms with E-state index >= 15 is 0 Å². The molecule has 0 atom stereocenters. The van der Waals surface area contributed by atoms with Gasteiger partial charge in [0.2, 0.25) is 5.91 Å². The largest absolute Gasteiger partial charge is 0.341 e. The summed E-state index contributed by atoms with van der Waals surface area (Å²) in [5.41, 5.74) is 2.10. The second-order valence-electron chi connectivity index (χ2n) is 6.62. The lowest BCUT2D eigenvalue weighted by Gasteiger charge is -2.10. The maximum atomic E-state index is 12.0. The number of nitrogens with zero attached hydrogens (tertiary/aromatic N) is 4. The van der Waals surface area contributed by atoms with Gasteiger partial charge in [-0.25, -0.2) is 9.78 Å². The zero-order chi connectivity index (χ0) is 22.3. The first-order chi connectivity index (χ1) is 15.6. The minimum atomic E-state index is -0.533.